The van der Waals surface area contributed by atoms with Gasteiger partial charge in [-0.25, -0.2) is 5.11 Å². The molecule has 0 aliphatic carbocycles. The third-order valence-corrected chi connectivity index (χ3v) is 1.84. The first-order valence-corrected chi connectivity index (χ1v) is 4.53. The molecule has 91 valence electrons. The van der Waals surface area contributed by atoms with Crippen LogP contribution in [0.4, 0.5) is 0 Å². The van der Waals surface area contributed by atoms with Crippen molar-refractivity contribution in [1.29, 1.82) is 0 Å². The zero-order valence-electron chi connectivity index (χ0n) is 8.19. The van der Waals surface area contributed by atoms with Crippen LogP contribution in [0.3, 0.4) is 0 Å². The van der Waals surface area contributed by atoms with Crippen LogP contribution in [0.1, 0.15) is 0 Å². The molecule has 0 aromatic rings. The molecular formula is C8H17O7. The molecule has 7 nitrogen and oxygen atoms in total. The summed E-state index contributed by atoms with van der Waals surface area (Å²) in [5, 5.41) is 55.1. The van der Waals surface area contributed by atoms with Gasteiger partial charge in [0.05, 0.1) is 19.8 Å². The average molecular weight is 225 g/mol. The normalized spacial score (nSPS) is 19.6. The average Bonchev–Trinajstić information content (AvgIpc) is 2.26. The van der Waals surface area contributed by atoms with Gasteiger partial charge in [0.15, 0.2) is 0 Å². The van der Waals surface area contributed by atoms with E-state index >= 15 is 0 Å². The molecule has 0 aliphatic rings. The van der Waals surface area contributed by atoms with Gasteiger partial charge in [-0.3, -0.25) is 0 Å². The van der Waals surface area contributed by atoms with Crippen LogP contribution in [-0.4, -0.2) is 76.4 Å². The van der Waals surface area contributed by atoms with Gasteiger partial charge in [-0.15, -0.1) is 0 Å². The monoisotopic (exact) mass is 225 g/mol. The lowest BCUT2D eigenvalue weighted by molar-refractivity contribution is -0.130. The first-order chi connectivity index (χ1) is 7.04. The summed E-state index contributed by atoms with van der Waals surface area (Å²) in [7, 11) is 0. The van der Waals surface area contributed by atoms with Gasteiger partial charge in [-0.1, -0.05) is 0 Å². The van der Waals surface area contributed by atoms with Crippen LogP contribution in [0.2, 0.25) is 0 Å². The minimum absolute atomic E-state index is 0.109. The maximum atomic E-state index is 9.98. The summed E-state index contributed by atoms with van der Waals surface area (Å²) in [4.78, 5) is 0. The molecule has 0 saturated heterocycles. The smallest absolute Gasteiger partial charge is 0.111 e. The number of aliphatic hydroxyl groups excluding tert-OH is 5. The first kappa shape index (κ1) is 14.7. The van der Waals surface area contributed by atoms with E-state index in [1.807, 2.05) is 0 Å². The molecule has 0 fully saturated rings. The van der Waals surface area contributed by atoms with E-state index in [1.165, 1.54) is 0 Å². The first-order valence-electron chi connectivity index (χ1n) is 4.53. The van der Waals surface area contributed by atoms with E-state index in [2.05, 4.69) is 4.74 Å². The van der Waals surface area contributed by atoms with Gasteiger partial charge in [0.1, 0.15) is 31.0 Å². The molecule has 0 heterocycles. The van der Waals surface area contributed by atoms with Gasteiger partial charge in [0.2, 0.25) is 0 Å². The van der Waals surface area contributed by atoms with Crippen LogP contribution in [0, 0.1) is 0 Å². The van der Waals surface area contributed by atoms with Gasteiger partial charge in [0, 0.05) is 0 Å². The Morgan fingerprint density at radius 1 is 1.00 bits per heavy atom. The standard InChI is InChI=1S/C8H17O7/c9-1-2-15-4-6(12)8(14)7(13)5(11)3-10/h5-8,10-14H,1-4H2/t5-,6+,7-,8-/m1/s1. The third-order valence-electron chi connectivity index (χ3n) is 1.84. The minimum atomic E-state index is -1.67. The fourth-order valence-corrected chi connectivity index (χ4v) is 0.925. The highest BCUT2D eigenvalue weighted by molar-refractivity contribution is 4.80. The molecule has 0 aromatic carbocycles. The third kappa shape index (κ3) is 5.38. The van der Waals surface area contributed by atoms with Crippen molar-refractivity contribution < 1.29 is 35.4 Å². The van der Waals surface area contributed by atoms with Crippen LogP contribution < -0.4 is 0 Å². The molecule has 0 spiro atoms. The highest BCUT2D eigenvalue weighted by atomic mass is 16.5. The van der Waals surface area contributed by atoms with Crippen molar-refractivity contribution in [2.45, 2.75) is 24.4 Å². The van der Waals surface area contributed by atoms with Crippen LogP contribution in [0.15, 0.2) is 0 Å². The van der Waals surface area contributed by atoms with Gasteiger partial charge >= 0.3 is 0 Å². The van der Waals surface area contributed by atoms with E-state index in [0.29, 0.717) is 0 Å². The summed E-state index contributed by atoms with van der Waals surface area (Å²) in [5.41, 5.74) is 0. The SMILES string of the molecule is [O]CCOC[C@H](O)[C@@H](O)[C@H](O)[C@H](O)CO. The summed E-state index contributed by atoms with van der Waals surface area (Å²) in [6, 6.07) is 0. The summed E-state index contributed by atoms with van der Waals surface area (Å²) in [5.74, 6) is 0. The maximum Gasteiger partial charge on any atom is 0.111 e. The summed E-state index contributed by atoms with van der Waals surface area (Å²) >= 11 is 0. The minimum Gasteiger partial charge on any atom is -0.394 e. The Balaban J connectivity index is 3.90. The molecule has 0 unspecified atom stereocenters. The molecule has 0 amide bonds. The van der Waals surface area contributed by atoms with Crippen molar-refractivity contribution in [3.8, 4) is 0 Å². The lowest BCUT2D eigenvalue weighted by Crippen LogP contribution is -2.47. The van der Waals surface area contributed by atoms with E-state index in [-0.39, 0.29) is 13.2 Å². The van der Waals surface area contributed by atoms with Crippen LogP contribution in [0.25, 0.3) is 0 Å². The van der Waals surface area contributed by atoms with E-state index in [1.54, 1.807) is 0 Å². The van der Waals surface area contributed by atoms with Crippen molar-refractivity contribution in [2.24, 2.45) is 0 Å². The van der Waals surface area contributed by atoms with Gasteiger partial charge in [0.25, 0.3) is 0 Å². The molecule has 5 N–H and O–H groups in total. The van der Waals surface area contributed by atoms with Crippen molar-refractivity contribution in [3.05, 3.63) is 0 Å². The number of aliphatic hydroxyl groups is 5. The van der Waals surface area contributed by atoms with Crippen LogP contribution in [0.5, 0.6) is 0 Å². The fraction of sp³-hybridized carbons (Fsp3) is 1.00. The molecule has 0 rings (SSSR count). The lowest BCUT2D eigenvalue weighted by atomic mass is 10.0. The highest BCUT2D eigenvalue weighted by Crippen LogP contribution is 2.05. The van der Waals surface area contributed by atoms with Gasteiger partial charge in [-0.05, 0) is 0 Å². The molecule has 1 radical (unpaired) electrons. The second-order valence-corrected chi connectivity index (χ2v) is 3.08. The van der Waals surface area contributed by atoms with Crippen molar-refractivity contribution in [1.82, 2.24) is 0 Å². The molecule has 0 saturated carbocycles. The molecule has 0 aliphatic heterocycles. The van der Waals surface area contributed by atoms with Crippen LogP contribution >= 0.6 is 0 Å². The van der Waals surface area contributed by atoms with Crippen LogP contribution in [-0.2, 0) is 9.84 Å². The van der Waals surface area contributed by atoms with E-state index < -0.39 is 37.6 Å². The summed E-state index contributed by atoms with van der Waals surface area (Å²) in [6.07, 6.45) is -6.26. The maximum absolute atomic E-state index is 9.98. The Bertz CT molecular complexity index is 154. The zero-order chi connectivity index (χ0) is 11.8. The Hall–Kier alpha value is -0.280. The lowest BCUT2D eigenvalue weighted by Gasteiger charge is -2.25. The molecule has 0 bridgehead atoms. The molecule has 0 aromatic heterocycles. The summed E-state index contributed by atoms with van der Waals surface area (Å²) < 4.78 is 4.65. The zero-order valence-corrected chi connectivity index (χ0v) is 8.19. The van der Waals surface area contributed by atoms with E-state index in [4.69, 9.17) is 10.2 Å². The number of ether oxygens (including phenoxy) is 1. The van der Waals surface area contributed by atoms with Crippen molar-refractivity contribution >= 4 is 0 Å². The topological polar surface area (TPSA) is 130 Å². The quantitative estimate of drug-likeness (QED) is 0.278. The Kier molecular flexibility index (Phi) is 7.79. The van der Waals surface area contributed by atoms with Crippen molar-refractivity contribution in [2.75, 3.05) is 26.4 Å². The largest absolute Gasteiger partial charge is 0.394 e. The van der Waals surface area contributed by atoms with Crippen molar-refractivity contribution in [3.63, 3.8) is 0 Å². The Labute approximate surface area is 87.2 Å². The highest BCUT2D eigenvalue weighted by Gasteiger charge is 2.29. The fourth-order valence-electron chi connectivity index (χ4n) is 0.925. The molecule has 7 heteroatoms. The Morgan fingerprint density at radius 3 is 2.00 bits per heavy atom. The number of hydrogen-bond acceptors (Lipinski definition) is 6. The summed E-state index contributed by atoms with van der Waals surface area (Å²) in [6.45, 7) is -1.63. The second-order valence-electron chi connectivity index (χ2n) is 3.08. The van der Waals surface area contributed by atoms with Gasteiger partial charge < -0.3 is 30.3 Å². The number of hydrogen-bond donors (Lipinski definition) is 5. The predicted molar refractivity (Wildman–Crippen MR) is 47.5 cm³/mol. The molecule has 15 heavy (non-hydrogen) atoms. The van der Waals surface area contributed by atoms with E-state index in [9.17, 15) is 20.4 Å². The Morgan fingerprint density at radius 2 is 1.53 bits per heavy atom. The second kappa shape index (κ2) is 7.94. The van der Waals surface area contributed by atoms with Gasteiger partial charge in [-0.2, -0.15) is 0 Å². The van der Waals surface area contributed by atoms with E-state index in [0.717, 1.165) is 0 Å². The predicted octanol–water partition coefficient (Wildman–Crippen LogP) is -3.13. The molecule has 4 atom stereocenters. The molecular weight excluding hydrogens is 208 g/mol. The number of rotatable bonds is 8.